The summed E-state index contributed by atoms with van der Waals surface area (Å²) in [6.07, 6.45) is 1.99. The normalized spacial score (nSPS) is 14.6. The van der Waals surface area contributed by atoms with E-state index in [0.29, 0.717) is 5.69 Å². The maximum Gasteiger partial charge on any atom is 0.311 e. The molecule has 0 amide bonds. The molecule has 5 heteroatoms. The lowest BCUT2D eigenvalue weighted by atomic mass is 10.1. The van der Waals surface area contributed by atoms with Crippen LogP contribution in [0.5, 0.6) is 0 Å². The monoisotopic (exact) mass is 312 g/mol. The molecule has 1 aliphatic heterocycles. The Kier molecular flexibility index (Phi) is 4.88. The molecule has 120 valence electrons. The number of hydrogen-bond donors (Lipinski definition) is 0. The number of pyridine rings is 1. The number of hydrogen-bond acceptors (Lipinski definition) is 5. The van der Waals surface area contributed by atoms with Gasteiger partial charge in [-0.1, -0.05) is 18.2 Å². The van der Waals surface area contributed by atoms with Gasteiger partial charge in [0.15, 0.2) is 0 Å². The van der Waals surface area contributed by atoms with Crippen molar-refractivity contribution in [3.8, 4) is 11.1 Å². The molecule has 0 unspecified atom stereocenters. The standard InChI is InChI=1S/C18H20N2O3/c1-22-18(21)12-16-5-2-15(13-19-16)14-3-6-17(7-4-14)20-8-10-23-11-9-20/h2-7,13H,8-12H2,1H3. The van der Waals surface area contributed by atoms with Gasteiger partial charge in [-0.2, -0.15) is 0 Å². The maximum absolute atomic E-state index is 11.2. The van der Waals surface area contributed by atoms with Crippen LogP contribution in [-0.2, 0) is 20.7 Å². The number of anilines is 1. The minimum Gasteiger partial charge on any atom is -0.469 e. The van der Waals surface area contributed by atoms with Gasteiger partial charge in [0.05, 0.1) is 32.4 Å². The Hall–Kier alpha value is -2.40. The molecular formula is C18H20N2O3. The van der Waals surface area contributed by atoms with Crippen LogP contribution >= 0.6 is 0 Å². The van der Waals surface area contributed by atoms with E-state index in [1.54, 1.807) is 6.20 Å². The predicted molar refractivity (Wildman–Crippen MR) is 88.4 cm³/mol. The largest absolute Gasteiger partial charge is 0.469 e. The number of esters is 1. The molecule has 0 bridgehead atoms. The first-order chi connectivity index (χ1) is 11.3. The van der Waals surface area contributed by atoms with Gasteiger partial charge in [-0.25, -0.2) is 0 Å². The zero-order chi connectivity index (χ0) is 16.1. The summed E-state index contributed by atoms with van der Waals surface area (Å²) < 4.78 is 10.0. The first kappa shape index (κ1) is 15.5. The first-order valence-corrected chi connectivity index (χ1v) is 7.71. The van der Waals surface area contributed by atoms with Crippen LogP contribution in [0.3, 0.4) is 0 Å². The second-order valence-corrected chi connectivity index (χ2v) is 5.44. The van der Waals surface area contributed by atoms with E-state index in [-0.39, 0.29) is 12.4 Å². The molecule has 0 N–H and O–H groups in total. The van der Waals surface area contributed by atoms with Gasteiger partial charge in [-0.3, -0.25) is 9.78 Å². The van der Waals surface area contributed by atoms with Gasteiger partial charge in [0, 0.05) is 30.5 Å². The molecule has 2 aromatic rings. The van der Waals surface area contributed by atoms with E-state index < -0.39 is 0 Å². The lowest BCUT2D eigenvalue weighted by Crippen LogP contribution is -2.36. The molecule has 1 aromatic heterocycles. The summed E-state index contributed by atoms with van der Waals surface area (Å²) >= 11 is 0. The molecule has 1 saturated heterocycles. The van der Waals surface area contributed by atoms with Crippen molar-refractivity contribution in [3.05, 3.63) is 48.3 Å². The van der Waals surface area contributed by atoms with Crippen LogP contribution in [0.15, 0.2) is 42.6 Å². The fourth-order valence-corrected chi connectivity index (χ4v) is 2.61. The predicted octanol–water partition coefficient (Wildman–Crippen LogP) is 2.30. The second kappa shape index (κ2) is 7.24. The summed E-state index contributed by atoms with van der Waals surface area (Å²) in [5.41, 5.74) is 4.07. The van der Waals surface area contributed by atoms with Crippen molar-refractivity contribution in [2.24, 2.45) is 0 Å². The zero-order valence-corrected chi connectivity index (χ0v) is 13.2. The number of aromatic nitrogens is 1. The molecule has 0 aliphatic carbocycles. The Morgan fingerprint density at radius 3 is 2.43 bits per heavy atom. The van der Waals surface area contributed by atoms with E-state index in [0.717, 1.165) is 37.4 Å². The molecule has 0 atom stereocenters. The molecule has 2 heterocycles. The number of ether oxygens (including phenoxy) is 2. The van der Waals surface area contributed by atoms with Crippen LogP contribution in [0, 0.1) is 0 Å². The molecule has 0 radical (unpaired) electrons. The third-order valence-corrected chi connectivity index (χ3v) is 3.95. The molecule has 3 rings (SSSR count). The van der Waals surface area contributed by atoms with Crippen molar-refractivity contribution in [3.63, 3.8) is 0 Å². The fourth-order valence-electron chi connectivity index (χ4n) is 2.61. The number of nitrogens with zero attached hydrogens (tertiary/aromatic N) is 2. The summed E-state index contributed by atoms with van der Waals surface area (Å²) in [5.74, 6) is -0.278. The average molecular weight is 312 g/mol. The lowest BCUT2D eigenvalue weighted by molar-refractivity contribution is -0.139. The van der Waals surface area contributed by atoms with E-state index in [1.807, 2.05) is 12.1 Å². The zero-order valence-electron chi connectivity index (χ0n) is 13.2. The van der Waals surface area contributed by atoms with Gasteiger partial charge in [-0.05, 0) is 23.8 Å². The highest BCUT2D eigenvalue weighted by atomic mass is 16.5. The highest BCUT2D eigenvalue weighted by Crippen LogP contribution is 2.23. The SMILES string of the molecule is COC(=O)Cc1ccc(-c2ccc(N3CCOCC3)cc2)cn1. The first-order valence-electron chi connectivity index (χ1n) is 7.71. The third kappa shape index (κ3) is 3.87. The van der Waals surface area contributed by atoms with Crippen molar-refractivity contribution in [2.45, 2.75) is 6.42 Å². The van der Waals surface area contributed by atoms with E-state index in [9.17, 15) is 4.79 Å². The molecule has 1 fully saturated rings. The number of carbonyl (C=O) groups is 1. The highest BCUT2D eigenvalue weighted by Gasteiger charge is 2.11. The minimum absolute atomic E-state index is 0.201. The molecule has 0 saturated carbocycles. The summed E-state index contributed by atoms with van der Waals surface area (Å²) in [4.78, 5) is 17.9. The van der Waals surface area contributed by atoms with Crippen LogP contribution in [-0.4, -0.2) is 44.4 Å². The van der Waals surface area contributed by atoms with Crippen molar-refractivity contribution < 1.29 is 14.3 Å². The maximum atomic E-state index is 11.2. The molecule has 23 heavy (non-hydrogen) atoms. The Bertz CT molecular complexity index is 647. The van der Waals surface area contributed by atoms with Gasteiger partial charge < -0.3 is 14.4 Å². The van der Waals surface area contributed by atoms with Crippen LogP contribution in [0.1, 0.15) is 5.69 Å². The summed E-state index contributed by atoms with van der Waals surface area (Å²) in [5, 5.41) is 0. The number of carbonyl (C=O) groups excluding carboxylic acids is 1. The Morgan fingerprint density at radius 2 is 1.83 bits per heavy atom. The number of rotatable bonds is 4. The van der Waals surface area contributed by atoms with Gasteiger partial charge in [0.1, 0.15) is 0 Å². The molecular weight excluding hydrogens is 292 g/mol. The van der Waals surface area contributed by atoms with Crippen molar-refractivity contribution >= 4 is 11.7 Å². The summed E-state index contributed by atoms with van der Waals surface area (Å²) in [6.45, 7) is 3.44. The third-order valence-electron chi connectivity index (χ3n) is 3.95. The van der Waals surface area contributed by atoms with E-state index in [4.69, 9.17) is 4.74 Å². The van der Waals surface area contributed by atoms with Crippen molar-refractivity contribution in [2.75, 3.05) is 38.3 Å². The lowest BCUT2D eigenvalue weighted by Gasteiger charge is -2.28. The quantitative estimate of drug-likeness (QED) is 0.811. The minimum atomic E-state index is -0.278. The molecule has 0 spiro atoms. The highest BCUT2D eigenvalue weighted by molar-refractivity contribution is 5.72. The van der Waals surface area contributed by atoms with Crippen LogP contribution < -0.4 is 4.90 Å². The van der Waals surface area contributed by atoms with Crippen molar-refractivity contribution in [1.82, 2.24) is 4.98 Å². The van der Waals surface area contributed by atoms with E-state index >= 15 is 0 Å². The molecule has 1 aliphatic rings. The van der Waals surface area contributed by atoms with Crippen molar-refractivity contribution in [1.29, 1.82) is 0 Å². The van der Waals surface area contributed by atoms with Crippen LogP contribution in [0.25, 0.3) is 11.1 Å². The Morgan fingerprint density at radius 1 is 1.13 bits per heavy atom. The van der Waals surface area contributed by atoms with Gasteiger partial charge in [0.25, 0.3) is 0 Å². The second-order valence-electron chi connectivity index (χ2n) is 5.44. The topological polar surface area (TPSA) is 51.7 Å². The summed E-state index contributed by atoms with van der Waals surface area (Å²) in [7, 11) is 1.38. The van der Waals surface area contributed by atoms with Gasteiger partial charge in [0.2, 0.25) is 0 Å². The number of morpholine rings is 1. The fraction of sp³-hybridized carbons (Fsp3) is 0.333. The molecule has 1 aromatic carbocycles. The average Bonchev–Trinajstić information content (AvgIpc) is 2.63. The molecule has 5 nitrogen and oxygen atoms in total. The van der Waals surface area contributed by atoms with Crippen LogP contribution in [0.2, 0.25) is 0 Å². The van der Waals surface area contributed by atoms with Gasteiger partial charge in [-0.15, -0.1) is 0 Å². The van der Waals surface area contributed by atoms with E-state index in [1.165, 1.54) is 12.8 Å². The Labute approximate surface area is 135 Å². The smallest absolute Gasteiger partial charge is 0.311 e. The Balaban J connectivity index is 1.70. The summed E-state index contributed by atoms with van der Waals surface area (Å²) in [6, 6.07) is 12.3. The van der Waals surface area contributed by atoms with E-state index in [2.05, 4.69) is 38.9 Å². The van der Waals surface area contributed by atoms with Gasteiger partial charge >= 0.3 is 5.97 Å². The number of methoxy groups -OCH3 is 1. The van der Waals surface area contributed by atoms with Crippen LogP contribution in [0.4, 0.5) is 5.69 Å². The number of benzene rings is 1.